The third-order valence-corrected chi connectivity index (χ3v) is 4.47. The normalized spacial score (nSPS) is 21.1. The maximum Gasteiger partial charge on any atom is 0.392 e. The Morgan fingerprint density at radius 1 is 1.24 bits per heavy atom. The fraction of sp³-hybridized carbons (Fsp3) is 0.471. The first-order valence-corrected chi connectivity index (χ1v) is 8.24. The fourth-order valence-electron chi connectivity index (χ4n) is 3.23. The molecule has 0 bridgehead atoms. The fourth-order valence-corrected chi connectivity index (χ4v) is 3.23. The molecule has 1 amide bonds. The van der Waals surface area contributed by atoms with Gasteiger partial charge in [-0.25, -0.2) is 0 Å². The number of amides is 1. The summed E-state index contributed by atoms with van der Waals surface area (Å²) in [6, 6.07) is 7.08. The van der Waals surface area contributed by atoms with E-state index >= 15 is 0 Å². The number of nitrogens with zero attached hydrogens (tertiary/aromatic N) is 3. The lowest BCUT2D eigenvalue weighted by Crippen LogP contribution is -2.39. The van der Waals surface area contributed by atoms with Gasteiger partial charge in [-0.05, 0) is 25.0 Å². The van der Waals surface area contributed by atoms with E-state index in [1.54, 1.807) is 29.2 Å². The quantitative estimate of drug-likeness (QED) is 0.914. The Hall–Kier alpha value is -2.38. The van der Waals surface area contributed by atoms with Crippen LogP contribution in [0.5, 0.6) is 0 Å². The standard InChI is InChI=1S/C17H19F3N4O/c18-17(19,20)14-7-2-1-6-13(14)16(25)22-15-8-10-24(23-15)11-12-5-3-4-9-21-12/h3-5,8-10,13-14H,1-2,6-7,11H2,(H,22,23,25). The molecule has 0 spiro atoms. The SMILES string of the molecule is O=C(Nc1ccn(Cc2ccccn2)n1)C1CCCCC1C(F)(F)F. The molecule has 2 atom stereocenters. The summed E-state index contributed by atoms with van der Waals surface area (Å²) in [4.78, 5) is 16.5. The molecule has 25 heavy (non-hydrogen) atoms. The van der Waals surface area contributed by atoms with E-state index in [-0.39, 0.29) is 18.7 Å². The zero-order valence-electron chi connectivity index (χ0n) is 13.5. The van der Waals surface area contributed by atoms with Crippen molar-refractivity contribution in [1.29, 1.82) is 0 Å². The van der Waals surface area contributed by atoms with Crippen LogP contribution in [0, 0.1) is 11.8 Å². The predicted octanol–water partition coefficient (Wildman–Crippen LogP) is 3.63. The number of hydrogen-bond acceptors (Lipinski definition) is 3. The number of nitrogens with one attached hydrogen (secondary N) is 1. The molecule has 1 aliphatic rings. The molecule has 1 N–H and O–H groups in total. The van der Waals surface area contributed by atoms with Crippen molar-refractivity contribution < 1.29 is 18.0 Å². The Bertz CT molecular complexity index is 714. The van der Waals surface area contributed by atoms with Crippen LogP contribution in [0.15, 0.2) is 36.7 Å². The van der Waals surface area contributed by atoms with Gasteiger partial charge in [0.1, 0.15) is 0 Å². The number of carbonyl (C=O) groups is 1. The molecule has 134 valence electrons. The summed E-state index contributed by atoms with van der Waals surface area (Å²) in [5, 5.41) is 6.72. The molecule has 5 nitrogen and oxygen atoms in total. The molecule has 2 heterocycles. The number of aromatic nitrogens is 3. The van der Waals surface area contributed by atoms with Crippen LogP contribution in [0.3, 0.4) is 0 Å². The molecule has 0 aromatic carbocycles. The van der Waals surface area contributed by atoms with Crippen LogP contribution in [-0.2, 0) is 11.3 Å². The number of carbonyl (C=O) groups excluding carboxylic acids is 1. The smallest absolute Gasteiger partial charge is 0.309 e. The molecule has 8 heteroatoms. The highest BCUT2D eigenvalue weighted by Crippen LogP contribution is 2.41. The molecule has 2 unspecified atom stereocenters. The van der Waals surface area contributed by atoms with Crippen LogP contribution in [0.2, 0.25) is 0 Å². The summed E-state index contributed by atoms with van der Waals surface area (Å²) in [5.41, 5.74) is 0.799. The molecule has 1 aliphatic carbocycles. The first-order valence-electron chi connectivity index (χ1n) is 8.24. The van der Waals surface area contributed by atoms with Crippen LogP contribution in [-0.4, -0.2) is 26.8 Å². The van der Waals surface area contributed by atoms with Crippen LogP contribution < -0.4 is 5.32 Å². The van der Waals surface area contributed by atoms with Gasteiger partial charge in [0.05, 0.1) is 18.2 Å². The van der Waals surface area contributed by atoms with Crippen molar-refractivity contribution in [3.63, 3.8) is 0 Å². The lowest BCUT2D eigenvalue weighted by atomic mass is 9.78. The Kier molecular flexibility index (Phi) is 5.06. The molecule has 1 fully saturated rings. The molecule has 0 aliphatic heterocycles. The van der Waals surface area contributed by atoms with Crippen molar-refractivity contribution in [3.8, 4) is 0 Å². The third kappa shape index (κ3) is 4.37. The van der Waals surface area contributed by atoms with Crippen LogP contribution in [0.4, 0.5) is 19.0 Å². The van der Waals surface area contributed by atoms with Crippen LogP contribution >= 0.6 is 0 Å². The van der Waals surface area contributed by atoms with Gasteiger partial charge in [-0.2, -0.15) is 18.3 Å². The van der Waals surface area contributed by atoms with E-state index in [1.165, 1.54) is 0 Å². The van der Waals surface area contributed by atoms with Crippen molar-refractivity contribution in [2.75, 3.05) is 5.32 Å². The van der Waals surface area contributed by atoms with Gasteiger partial charge in [0.2, 0.25) is 5.91 Å². The lowest BCUT2D eigenvalue weighted by Gasteiger charge is -2.31. The molecule has 0 saturated heterocycles. The topological polar surface area (TPSA) is 59.8 Å². The average Bonchev–Trinajstić information content (AvgIpc) is 3.02. The minimum atomic E-state index is -4.35. The van der Waals surface area contributed by atoms with Crippen LogP contribution in [0.25, 0.3) is 0 Å². The molecular weight excluding hydrogens is 333 g/mol. The van der Waals surface area contributed by atoms with Gasteiger partial charge < -0.3 is 5.32 Å². The van der Waals surface area contributed by atoms with Crippen molar-refractivity contribution in [1.82, 2.24) is 14.8 Å². The van der Waals surface area contributed by atoms with E-state index in [2.05, 4.69) is 15.4 Å². The van der Waals surface area contributed by atoms with E-state index in [0.29, 0.717) is 19.4 Å². The molecule has 2 aromatic heterocycles. The summed E-state index contributed by atoms with van der Waals surface area (Å²) >= 11 is 0. The monoisotopic (exact) mass is 352 g/mol. The van der Waals surface area contributed by atoms with Crippen molar-refractivity contribution in [2.24, 2.45) is 11.8 Å². The zero-order chi connectivity index (χ0) is 17.9. The Morgan fingerprint density at radius 3 is 2.76 bits per heavy atom. The minimum absolute atomic E-state index is 0.00963. The maximum atomic E-state index is 13.1. The van der Waals surface area contributed by atoms with Gasteiger partial charge in [-0.1, -0.05) is 18.9 Å². The number of anilines is 1. The molecular formula is C17H19F3N4O. The Labute approximate surface area is 143 Å². The number of alkyl halides is 3. The summed E-state index contributed by atoms with van der Waals surface area (Å²) < 4.78 is 41.0. The van der Waals surface area contributed by atoms with Gasteiger partial charge in [0.15, 0.2) is 5.82 Å². The van der Waals surface area contributed by atoms with Gasteiger partial charge in [-0.3, -0.25) is 14.5 Å². The highest BCUT2D eigenvalue weighted by atomic mass is 19.4. The number of pyridine rings is 1. The molecule has 0 radical (unpaired) electrons. The van der Waals surface area contributed by atoms with E-state index in [1.807, 2.05) is 12.1 Å². The third-order valence-electron chi connectivity index (χ3n) is 4.47. The van der Waals surface area contributed by atoms with Gasteiger partial charge in [0.25, 0.3) is 0 Å². The second-order valence-corrected chi connectivity index (χ2v) is 6.25. The summed E-state index contributed by atoms with van der Waals surface area (Å²) in [6.45, 7) is 0.422. The Morgan fingerprint density at radius 2 is 2.04 bits per heavy atom. The maximum absolute atomic E-state index is 13.1. The zero-order valence-corrected chi connectivity index (χ0v) is 13.5. The Balaban J connectivity index is 1.64. The van der Waals surface area contributed by atoms with Crippen LogP contribution in [0.1, 0.15) is 31.4 Å². The molecule has 3 rings (SSSR count). The highest BCUT2D eigenvalue weighted by Gasteiger charge is 2.48. The largest absolute Gasteiger partial charge is 0.392 e. The average molecular weight is 352 g/mol. The van der Waals surface area contributed by atoms with Crippen molar-refractivity contribution >= 4 is 11.7 Å². The lowest BCUT2D eigenvalue weighted by molar-refractivity contribution is -0.197. The van der Waals surface area contributed by atoms with Gasteiger partial charge in [0, 0.05) is 24.4 Å². The highest BCUT2D eigenvalue weighted by molar-refractivity contribution is 5.91. The first kappa shape index (κ1) is 17.4. The van der Waals surface area contributed by atoms with Gasteiger partial charge >= 0.3 is 6.18 Å². The van der Waals surface area contributed by atoms with Crippen molar-refractivity contribution in [3.05, 3.63) is 42.4 Å². The van der Waals surface area contributed by atoms with E-state index < -0.39 is 23.9 Å². The summed E-state index contributed by atoms with van der Waals surface area (Å²) in [6.07, 6.45) is 0.390. The second kappa shape index (κ2) is 7.25. The molecule has 2 aromatic rings. The van der Waals surface area contributed by atoms with Crippen molar-refractivity contribution in [2.45, 2.75) is 38.4 Å². The minimum Gasteiger partial charge on any atom is -0.309 e. The first-order chi connectivity index (χ1) is 11.9. The number of hydrogen-bond donors (Lipinski definition) is 1. The number of rotatable bonds is 4. The second-order valence-electron chi connectivity index (χ2n) is 6.25. The van der Waals surface area contributed by atoms with E-state index in [9.17, 15) is 18.0 Å². The predicted molar refractivity (Wildman–Crippen MR) is 85.7 cm³/mol. The van der Waals surface area contributed by atoms with E-state index in [0.717, 1.165) is 5.69 Å². The number of halogens is 3. The van der Waals surface area contributed by atoms with Gasteiger partial charge in [-0.15, -0.1) is 0 Å². The van der Waals surface area contributed by atoms with E-state index in [4.69, 9.17) is 0 Å². The summed E-state index contributed by atoms with van der Waals surface area (Å²) in [7, 11) is 0. The summed E-state index contributed by atoms with van der Waals surface area (Å²) in [5.74, 6) is -2.97. The molecule has 1 saturated carbocycles.